The molecule has 10 nitrogen and oxygen atoms in total. The maximum Gasteiger partial charge on any atom is 0.254 e. The Balaban J connectivity index is 1.24. The van der Waals surface area contributed by atoms with E-state index in [0.717, 1.165) is 55.5 Å². The number of fused-ring (bicyclic) bond motifs is 1. The van der Waals surface area contributed by atoms with Crippen LogP contribution in [0.1, 0.15) is 54.4 Å². The van der Waals surface area contributed by atoms with Gasteiger partial charge in [0.15, 0.2) is 5.82 Å². The number of pyridine rings is 1. The van der Waals surface area contributed by atoms with Crippen LogP contribution in [0.15, 0.2) is 49.2 Å². The van der Waals surface area contributed by atoms with Crippen molar-refractivity contribution >= 4 is 28.5 Å². The monoisotopic (exact) mass is 556 g/mol. The van der Waals surface area contributed by atoms with E-state index in [1.807, 2.05) is 30.0 Å². The van der Waals surface area contributed by atoms with Crippen molar-refractivity contribution in [2.24, 2.45) is 5.92 Å². The number of piperidine rings is 1. The second-order valence-electron chi connectivity index (χ2n) is 10.4. The summed E-state index contributed by atoms with van der Waals surface area (Å²) in [4.78, 5) is 48.0. The predicted octanol–water partition coefficient (Wildman–Crippen LogP) is 4.00. The highest BCUT2D eigenvalue weighted by Gasteiger charge is 2.22. The minimum Gasteiger partial charge on any atom is -0.369 e. The normalized spacial score (nSPS) is 14.6. The standard InChI is InChI=1S/C30H33FN8O2/c1-18(22-5-4-6-23-28(30(41)32-3)24(31)16-36-29(22)23)13-33-27-12-25(37-17-38-27)21-14-34-26(35-15-21)11-20-7-9-39(10-8-20)19(2)40/h4-6,12,14-18,20H,7-11,13H2,1-3H3,(H,32,41)(H,33,37,38). The Morgan fingerprint density at radius 1 is 1.07 bits per heavy atom. The third-order valence-electron chi connectivity index (χ3n) is 7.66. The third kappa shape index (κ3) is 6.29. The Kier molecular flexibility index (Phi) is 8.42. The lowest BCUT2D eigenvalue weighted by Gasteiger charge is -2.30. The molecule has 0 spiro atoms. The Labute approximate surface area is 237 Å². The molecule has 212 valence electrons. The van der Waals surface area contributed by atoms with Crippen LogP contribution in [0.2, 0.25) is 0 Å². The predicted molar refractivity (Wildman–Crippen MR) is 154 cm³/mol. The molecule has 1 aromatic carbocycles. The van der Waals surface area contributed by atoms with Gasteiger partial charge in [0.2, 0.25) is 5.91 Å². The minimum atomic E-state index is -0.653. The molecule has 4 heterocycles. The molecule has 3 aromatic heterocycles. The molecular formula is C30H33FN8O2. The van der Waals surface area contributed by atoms with Gasteiger partial charge in [0, 0.05) is 75.4 Å². The highest BCUT2D eigenvalue weighted by molar-refractivity contribution is 6.06. The summed E-state index contributed by atoms with van der Waals surface area (Å²) < 4.78 is 14.4. The first-order valence-electron chi connectivity index (χ1n) is 13.8. The fourth-order valence-electron chi connectivity index (χ4n) is 5.26. The van der Waals surface area contributed by atoms with Crippen molar-refractivity contribution in [3.63, 3.8) is 0 Å². The largest absolute Gasteiger partial charge is 0.369 e. The fraction of sp³-hybridized carbons (Fsp3) is 0.367. The molecule has 0 bridgehead atoms. The number of aromatic nitrogens is 5. The Hall–Kier alpha value is -4.54. The number of carbonyl (C=O) groups is 2. The van der Waals surface area contributed by atoms with E-state index in [1.165, 1.54) is 13.4 Å². The minimum absolute atomic E-state index is 0.00782. The van der Waals surface area contributed by atoms with E-state index in [2.05, 4.69) is 35.6 Å². The van der Waals surface area contributed by atoms with Gasteiger partial charge in [-0.2, -0.15) is 0 Å². The molecule has 0 saturated carbocycles. The zero-order chi connectivity index (χ0) is 28.9. The van der Waals surface area contributed by atoms with E-state index in [-0.39, 0.29) is 17.4 Å². The van der Waals surface area contributed by atoms with Gasteiger partial charge in [-0.15, -0.1) is 0 Å². The van der Waals surface area contributed by atoms with Gasteiger partial charge in [-0.3, -0.25) is 14.6 Å². The molecule has 1 aliphatic rings. The van der Waals surface area contributed by atoms with Gasteiger partial charge in [0.1, 0.15) is 18.0 Å². The molecule has 2 N–H and O–H groups in total. The zero-order valence-corrected chi connectivity index (χ0v) is 23.4. The van der Waals surface area contributed by atoms with Crippen LogP contribution in [0.25, 0.3) is 22.2 Å². The number of hydrogen-bond acceptors (Lipinski definition) is 8. The number of anilines is 1. The second kappa shape index (κ2) is 12.3. The number of halogens is 1. The van der Waals surface area contributed by atoms with E-state index in [0.29, 0.717) is 34.9 Å². The molecular weight excluding hydrogens is 523 g/mol. The first-order chi connectivity index (χ1) is 19.8. The van der Waals surface area contributed by atoms with Crippen molar-refractivity contribution in [3.05, 3.63) is 72.0 Å². The Morgan fingerprint density at radius 2 is 1.83 bits per heavy atom. The average molecular weight is 557 g/mol. The van der Waals surface area contributed by atoms with Crippen molar-refractivity contribution in [2.75, 3.05) is 32.0 Å². The lowest BCUT2D eigenvalue weighted by Crippen LogP contribution is -2.37. The molecule has 1 fully saturated rings. The molecule has 5 rings (SSSR count). The van der Waals surface area contributed by atoms with Gasteiger partial charge in [-0.25, -0.2) is 24.3 Å². The molecule has 4 aromatic rings. The van der Waals surface area contributed by atoms with Crippen molar-refractivity contribution in [1.29, 1.82) is 0 Å². The number of benzene rings is 1. The van der Waals surface area contributed by atoms with Gasteiger partial charge in [-0.1, -0.05) is 25.1 Å². The van der Waals surface area contributed by atoms with Crippen LogP contribution in [-0.4, -0.2) is 68.3 Å². The van der Waals surface area contributed by atoms with Crippen LogP contribution in [0, 0.1) is 11.7 Å². The summed E-state index contributed by atoms with van der Waals surface area (Å²) in [6.45, 7) is 5.76. The van der Waals surface area contributed by atoms with Crippen LogP contribution < -0.4 is 10.6 Å². The smallest absolute Gasteiger partial charge is 0.254 e. The van der Waals surface area contributed by atoms with Gasteiger partial charge in [0.05, 0.1) is 23.0 Å². The number of likely N-dealkylation sites (tertiary alicyclic amines) is 1. The first-order valence-corrected chi connectivity index (χ1v) is 13.8. The number of carbonyl (C=O) groups excluding carboxylic acids is 2. The maximum atomic E-state index is 14.4. The van der Waals surface area contributed by atoms with Crippen LogP contribution in [-0.2, 0) is 11.2 Å². The lowest BCUT2D eigenvalue weighted by atomic mass is 9.93. The molecule has 41 heavy (non-hydrogen) atoms. The van der Waals surface area contributed by atoms with E-state index in [4.69, 9.17) is 0 Å². The quantitative estimate of drug-likeness (QED) is 0.334. The SMILES string of the molecule is CNC(=O)c1c(F)cnc2c(C(C)CNc3cc(-c4cnc(CC5CCN(C(C)=O)CC5)nc4)ncn3)cccc12. The number of amides is 2. The molecule has 1 saturated heterocycles. The zero-order valence-electron chi connectivity index (χ0n) is 23.4. The van der Waals surface area contributed by atoms with Crippen LogP contribution in [0.5, 0.6) is 0 Å². The highest BCUT2D eigenvalue weighted by Crippen LogP contribution is 2.28. The molecule has 0 aliphatic carbocycles. The topological polar surface area (TPSA) is 126 Å². The van der Waals surface area contributed by atoms with E-state index >= 15 is 0 Å². The summed E-state index contributed by atoms with van der Waals surface area (Å²) in [5.41, 5.74) is 2.97. The second-order valence-corrected chi connectivity index (χ2v) is 10.4. The first kappa shape index (κ1) is 28.0. The fourth-order valence-corrected chi connectivity index (χ4v) is 5.26. The summed E-state index contributed by atoms with van der Waals surface area (Å²) >= 11 is 0. The molecule has 1 unspecified atom stereocenters. The van der Waals surface area contributed by atoms with E-state index < -0.39 is 11.7 Å². The Bertz CT molecular complexity index is 1550. The van der Waals surface area contributed by atoms with Crippen LogP contribution >= 0.6 is 0 Å². The van der Waals surface area contributed by atoms with Crippen molar-refractivity contribution in [3.8, 4) is 11.3 Å². The van der Waals surface area contributed by atoms with Crippen LogP contribution in [0.3, 0.4) is 0 Å². The number of nitrogens with zero attached hydrogens (tertiary/aromatic N) is 6. The molecule has 11 heteroatoms. The van der Waals surface area contributed by atoms with Gasteiger partial charge in [-0.05, 0) is 24.3 Å². The van der Waals surface area contributed by atoms with Gasteiger partial charge < -0.3 is 15.5 Å². The number of nitrogens with one attached hydrogen (secondary N) is 2. The molecule has 1 atom stereocenters. The summed E-state index contributed by atoms with van der Waals surface area (Å²) in [7, 11) is 1.48. The summed E-state index contributed by atoms with van der Waals surface area (Å²) in [6, 6.07) is 7.30. The van der Waals surface area contributed by atoms with Crippen molar-refractivity contribution in [2.45, 2.75) is 39.0 Å². The van der Waals surface area contributed by atoms with E-state index in [9.17, 15) is 14.0 Å². The summed E-state index contributed by atoms with van der Waals surface area (Å²) in [6.07, 6.45) is 8.88. The number of para-hydroxylation sites is 1. The molecule has 1 aliphatic heterocycles. The number of hydrogen-bond donors (Lipinski definition) is 2. The van der Waals surface area contributed by atoms with Gasteiger partial charge >= 0.3 is 0 Å². The van der Waals surface area contributed by atoms with Gasteiger partial charge in [0.25, 0.3) is 5.91 Å². The lowest BCUT2D eigenvalue weighted by molar-refractivity contribution is -0.130. The van der Waals surface area contributed by atoms with Crippen molar-refractivity contribution in [1.82, 2.24) is 35.1 Å². The number of rotatable bonds is 8. The van der Waals surface area contributed by atoms with Crippen molar-refractivity contribution < 1.29 is 14.0 Å². The summed E-state index contributed by atoms with van der Waals surface area (Å²) in [5.74, 6) is 0.889. The highest BCUT2D eigenvalue weighted by atomic mass is 19.1. The third-order valence-corrected chi connectivity index (χ3v) is 7.66. The average Bonchev–Trinajstić information content (AvgIpc) is 3.00. The van der Waals surface area contributed by atoms with Crippen LogP contribution in [0.4, 0.5) is 10.2 Å². The molecule has 2 amide bonds. The maximum absolute atomic E-state index is 14.4. The summed E-state index contributed by atoms with van der Waals surface area (Å²) in [5, 5.41) is 6.33. The van der Waals surface area contributed by atoms with E-state index in [1.54, 1.807) is 25.4 Å². The molecule has 0 radical (unpaired) electrons. The Morgan fingerprint density at radius 3 is 2.54 bits per heavy atom.